The van der Waals surface area contributed by atoms with Gasteiger partial charge in [0.2, 0.25) is 0 Å². The number of aryl methyl sites for hydroxylation is 1. The van der Waals surface area contributed by atoms with Crippen LogP contribution in [0, 0.1) is 0 Å². The molecule has 2 aliphatic rings. The van der Waals surface area contributed by atoms with Crippen molar-refractivity contribution in [1.82, 2.24) is 39.5 Å². The van der Waals surface area contributed by atoms with Gasteiger partial charge < -0.3 is 9.47 Å². The summed E-state index contributed by atoms with van der Waals surface area (Å²) in [4.78, 5) is 4.65. The summed E-state index contributed by atoms with van der Waals surface area (Å²) in [5.41, 5.74) is 0.773. The van der Waals surface area contributed by atoms with Gasteiger partial charge in [0.1, 0.15) is 23.8 Å². The third-order valence-corrected chi connectivity index (χ3v) is 5.28. The van der Waals surface area contributed by atoms with Crippen molar-refractivity contribution in [2.75, 3.05) is 25.0 Å². The average molecular weight is 339 g/mol. The van der Waals surface area contributed by atoms with Crippen molar-refractivity contribution in [3.63, 3.8) is 0 Å². The Bertz CT molecular complexity index is 892. The first-order valence-electron chi connectivity index (χ1n) is 8.81. The lowest BCUT2D eigenvalue weighted by molar-refractivity contribution is 0.189. The summed E-state index contributed by atoms with van der Waals surface area (Å²) in [5.74, 6) is 3.22. The summed E-state index contributed by atoms with van der Waals surface area (Å²) in [6, 6.07) is 4.47. The molecular weight excluding hydrogens is 318 g/mol. The normalized spacial score (nSPS) is 17.9. The molecule has 0 spiro atoms. The predicted molar refractivity (Wildman–Crippen MR) is 91.2 cm³/mol. The Morgan fingerprint density at radius 3 is 3.00 bits per heavy atom. The summed E-state index contributed by atoms with van der Waals surface area (Å²) >= 11 is 0. The van der Waals surface area contributed by atoms with E-state index in [2.05, 4.69) is 46.9 Å². The fraction of sp³-hybridized carbons (Fsp3) is 0.562. The van der Waals surface area contributed by atoms with Crippen LogP contribution in [0.5, 0.6) is 0 Å². The van der Waals surface area contributed by atoms with Crippen molar-refractivity contribution < 1.29 is 0 Å². The van der Waals surface area contributed by atoms with Crippen LogP contribution in [0.1, 0.15) is 24.5 Å². The van der Waals surface area contributed by atoms with Gasteiger partial charge in [0.15, 0.2) is 5.65 Å². The number of rotatable bonds is 4. The molecule has 0 radical (unpaired) electrons. The third kappa shape index (κ3) is 2.55. The minimum absolute atomic E-state index is 0.509. The quantitative estimate of drug-likeness (QED) is 0.679. The molecule has 2 aliphatic heterocycles. The molecule has 0 unspecified atom stereocenters. The molecule has 25 heavy (non-hydrogen) atoms. The van der Waals surface area contributed by atoms with Crippen molar-refractivity contribution in [3.8, 4) is 0 Å². The molecule has 0 aromatic carbocycles. The van der Waals surface area contributed by atoms with Crippen molar-refractivity contribution in [2.24, 2.45) is 0 Å². The van der Waals surface area contributed by atoms with Crippen molar-refractivity contribution in [3.05, 3.63) is 30.1 Å². The lowest BCUT2D eigenvalue weighted by Gasteiger charge is -2.44. The van der Waals surface area contributed by atoms with E-state index in [-0.39, 0.29) is 0 Å². The minimum Gasteiger partial charge on any atom is -0.352 e. The molecule has 5 rings (SSSR count). The first-order valence-corrected chi connectivity index (χ1v) is 8.81. The molecule has 0 amide bonds. The SMILES string of the molecule is CN(Cc1nnc2n1CCCC2)C1CN(c2ccc3nncn3n2)C1. The Balaban J connectivity index is 1.23. The van der Waals surface area contributed by atoms with Gasteiger partial charge in [-0.15, -0.1) is 25.5 Å². The van der Waals surface area contributed by atoms with E-state index in [0.717, 1.165) is 55.7 Å². The number of anilines is 1. The fourth-order valence-electron chi connectivity index (χ4n) is 3.65. The molecular formula is C16H21N9. The van der Waals surface area contributed by atoms with Gasteiger partial charge >= 0.3 is 0 Å². The number of aromatic nitrogens is 7. The molecule has 5 heterocycles. The topological polar surface area (TPSA) is 80.3 Å². The monoisotopic (exact) mass is 339 g/mol. The third-order valence-electron chi connectivity index (χ3n) is 5.28. The highest BCUT2D eigenvalue weighted by Crippen LogP contribution is 2.23. The summed E-state index contributed by atoms with van der Waals surface area (Å²) in [7, 11) is 2.17. The van der Waals surface area contributed by atoms with Crippen LogP contribution in [0.3, 0.4) is 0 Å². The molecule has 0 N–H and O–H groups in total. The van der Waals surface area contributed by atoms with Gasteiger partial charge in [-0.25, -0.2) is 0 Å². The predicted octanol–water partition coefficient (Wildman–Crippen LogP) is 0.373. The van der Waals surface area contributed by atoms with Gasteiger partial charge in [-0.2, -0.15) is 4.52 Å². The number of likely N-dealkylation sites (N-methyl/N-ethyl adjacent to an activating group) is 1. The van der Waals surface area contributed by atoms with E-state index in [1.54, 1.807) is 10.8 Å². The van der Waals surface area contributed by atoms with E-state index < -0.39 is 0 Å². The Labute approximate surface area is 145 Å². The molecule has 1 saturated heterocycles. The second-order valence-corrected chi connectivity index (χ2v) is 6.94. The Kier molecular flexibility index (Phi) is 3.40. The summed E-state index contributed by atoms with van der Waals surface area (Å²) in [6.07, 6.45) is 5.16. The van der Waals surface area contributed by atoms with E-state index in [1.807, 2.05) is 12.1 Å². The van der Waals surface area contributed by atoms with E-state index in [0.29, 0.717) is 6.04 Å². The van der Waals surface area contributed by atoms with Crippen LogP contribution in [0.4, 0.5) is 5.82 Å². The zero-order chi connectivity index (χ0) is 16.8. The van der Waals surface area contributed by atoms with Crippen molar-refractivity contribution in [2.45, 2.75) is 38.4 Å². The van der Waals surface area contributed by atoms with Gasteiger partial charge in [-0.05, 0) is 32.0 Å². The lowest BCUT2D eigenvalue weighted by Crippen LogP contribution is -2.58. The zero-order valence-corrected chi connectivity index (χ0v) is 14.3. The molecule has 0 saturated carbocycles. The number of fused-ring (bicyclic) bond motifs is 2. The summed E-state index contributed by atoms with van der Waals surface area (Å²) in [5, 5.41) is 21.2. The first kappa shape index (κ1) is 14.8. The standard InChI is InChI=1S/C16H21N9/c1-22(10-16-20-19-13-4-2-3-7-24(13)16)12-8-23(9-12)15-6-5-14-18-17-11-25(14)21-15/h5-6,11-12H,2-4,7-10H2,1H3. The summed E-state index contributed by atoms with van der Waals surface area (Å²) in [6.45, 7) is 3.85. The van der Waals surface area contributed by atoms with Crippen LogP contribution in [0.25, 0.3) is 5.65 Å². The van der Waals surface area contributed by atoms with E-state index in [4.69, 9.17) is 0 Å². The number of nitrogens with zero attached hydrogens (tertiary/aromatic N) is 9. The minimum atomic E-state index is 0.509. The average Bonchev–Trinajstić information content (AvgIpc) is 3.20. The molecule has 0 atom stereocenters. The maximum Gasteiger partial charge on any atom is 0.177 e. The molecule has 0 bridgehead atoms. The smallest absolute Gasteiger partial charge is 0.177 e. The molecule has 9 nitrogen and oxygen atoms in total. The molecule has 1 fully saturated rings. The molecule has 9 heteroatoms. The highest BCUT2D eigenvalue weighted by Gasteiger charge is 2.32. The lowest BCUT2D eigenvalue weighted by atomic mass is 10.1. The van der Waals surface area contributed by atoms with Crippen LogP contribution in [0.2, 0.25) is 0 Å². The maximum atomic E-state index is 4.56. The van der Waals surface area contributed by atoms with Crippen LogP contribution in [-0.2, 0) is 19.5 Å². The zero-order valence-electron chi connectivity index (χ0n) is 14.3. The maximum absolute atomic E-state index is 4.56. The summed E-state index contributed by atoms with van der Waals surface area (Å²) < 4.78 is 4.02. The van der Waals surface area contributed by atoms with Crippen LogP contribution >= 0.6 is 0 Å². The van der Waals surface area contributed by atoms with Gasteiger partial charge in [0.25, 0.3) is 0 Å². The second-order valence-electron chi connectivity index (χ2n) is 6.94. The van der Waals surface area contributed by atoms with Crippen LogP contribution in [-0.4, -0.2) is 65.7 Å². The van der Waals surface area contributed by atoms with Crippen LogP contribution < -0.4 is 4.90 Å². The molecule has 130 valence electrons. The van der Waals surface area contributed by atoms with Crippen molar-refractivity contribution in [1.29, 1.82) is 0 Å². The largest absolute Gasteiger partial charge is 0.352 e. The first-order chi connectivity index (χ1) is 12.3. The second kappa shape index (κ2) is 5.76. The highest BCUT2D eigenvalue weighted by molar-refractivity contribution is 5.47. The fourth-order valence-corrected chi connectivity index (χ4v) is 3.65. The molecule has 0 aliphatic carbocycles. The van der Waals surface area contributed by atoms with Gasteiger partial charge in [0.05, 0.1) is 6.54 Å². The highest BCUT2D eigenvalue weighted by atomic mass is 15.4. The van der Waals surface area contributed by atoms with E-state index in [9.17, 15) is 0 Å². The van der Waals surface area contributed by atoms with Gasteiger partial charge in [-0.1, -0.05) is 0 Å². The Hall–Kier alpha value is -2.55. The number of hydrogen-bond acceptors (Lipinski definition) is 7. The molecule has 3 aromatic rings. The molecule has 3 aromatic heterocycles. The van der Waals surface area contributed by atoms with E-state index >= 15 is 0 Å². The van der Waals surface area contributed by atoms with Gasteiger partial charge in [-0.3, -0.25) is 4.90 Å². The van der Waals surface area contributed by atoms with Gasteiger partial charge in [0, 0.05) is 32.1 Å². The van der Waals surface area contributed by atoms with Crippen LogP contribution in [0.15, 0.2) is 18.5 Å². The van der Waals surface area contributed by atoms with E-state index in [1.165, 1.54) is 12.8 Å². The Morgan fingerprint density at radius 1 is 1.16 bits per heavy atom. The Morgan fingerprint density at radius 2 is 2.08 bits per heavy atom. The van der Waals surface area contributed by atoms with Crippen molar-refractivity contribution >= 4 is 11.5 Å². The number of hydrogen-bond donors (Lipinski definition) is 0.